The van der Waals surface area contributed by atoms with E-state index in [0.717, 1.165) is 25.7 Å². The van der Waals surface area contributed by atoms with E-state index >= 15 is 0 Å². The van der Waals surface area contributed by atoms with Gasteiger partial charge in [0, 0.05) is 17.0 Å². The Morgan fingerprint density at radius 1 is 1.22 bits per heavy atom. The standard InChI is InChI=1S/C18H21NO4/c1-11-14(10-17(21)22)15-9-13(20)7-8-16(15)19(11)18(23)12-5-3-2-4-6-12/h7-9,12,20H,2-6,10H2,1H3,(H,21,22). The molecule has 0 aliphatic heterocycles. The highest BCUT2D eigenvalue weighted by Crippen LogP contribution is 2.32. The zero-order valence-corrected chi connectivity index (χ0v) is 13.2. The number of hydrogen-bond acceptors (Lipinski definition) is 3. The van der Waals surface area contributed by atoms with E-state index in [1.54, 1.807) is 23.6 Å². The molecule has 0 atom stereocenters. The van der Waals surface area contributed by atoms with Crippen molar-refractivity contribution in [3.8, 4) is 5.75 Å². The van der Waals surface area contributed by atoms with E-state index in [4.69, 9.17) is 5.11 Å². The van der Waals surface area contributed by atoms with Gasteiger partial charge < -0.3 is 10.2 Å². The van der Waals surface area contributed by atoms with Crippen LogP contribution >= 0.6 is 0 Å². The molecule has 5 nitrogen and oxygen atoms in total. The van der Waals surface area contributed by atoms with Crippen molar-refractivity contribution in [3.05, 3.63) is 29.5 Å². The first kappa shape index (κ1) is 15.6. The monoisotopic (exact) mass is 315 g/mol. The van der Waals surface area contributed by atoms with Gasteiger partial charge in [-0.3, -0.25) is 14.2 Å². The van der Waals surface area contributed by atoms with E-state index in [0.29, 0.717) is 22.2 Å². The van der Waals surface area contributed by atoms with Gasteiger partial charge in [0.15, 0.2) is 0 Å². The van der Waals surface area contributed by atoms with Crippen LogP contribution in [0.3, 0.4) is 0 Å². The number of aliphatic carboxylic acids is 1. The van der Waals surface area contributed by atoms with Crippen LogP contribution < -0.4 is 0 Å². The molecule has 1 fully saturated rings. The second-order valence-corrected chi connectivity index (χ2v) is 6.34. The first-order valence-corrected chi connectivity index (χ1v) is 8.08. The molecule has 1 aliphatic carbocycles. The molecule has 0 saturated heterocycles. The summed E-state index contributed by atoms with van der Waals surface area (Å²) in [5, 5.41) is 19.5. The first-order valence-electron chi connectivity index (χ1n) is 8.08. The van der Waals surface area contributed by atoms with Crippen molar-refractivity contribution in [3.63, 3.8) is 0 Å². The van der Waals surface area contributed by atoms with E-state index in [-0.39, 0.29) is 24.0 Å². The molecule has 23 heavy (non-hydrogen) atoms. The van der Waals surface area contributed by atoms with Gasteiger partial charge in [-0.05, 0) is 43.5 Å². The maximum atomic E-state index is 13.0. The number of aromatic hydroxyl groups is 1. The van der Waals surface area contributed by atoms with Gasteiger partial charge in [0.2, 0.25) is 5.91 Å². The number of carbonyl (C=O) groups excluding carboxylic acids is 1. The summed E-state index contributed by atoms with van der Waals surface area (Å²) < 4.78 is 1.66. The molecule has 5 heteroatoms. The Balaban J connectivity index is 2.14. The van der Waals surface area contributed by atoms with Crippen molar-refractivity contribution in [1.82, 2.24) is 4.57 Å². The lowest BCUT2D eigenvalue weighted by Gasteiger charge is -2.21. The van der Waals surface area contributed by atoms with Gasteiger partial charge in [-0.15, -0.1) is 0 Å². The summed E-state index contributed by atoms with van der Waals surface area (Å²) >= 11 is 0. The molecule has 1 saturated carbocycles. The van der Waals surface area contributed by atoms with Crippen LogP contribution in [-0.4, -0.2) is 26.7 Å². The molecule has 0 amide bonds. The van der Waals surface area contributed by atoms with Crippen LogP contribution in [0.2, 0.25) is 0 Å². The number of aromatic nitrogens is 1. The van der Waals surface area contributed by atoms with Crippen LogP contribution in [0.25, 0.3) is 10.9 Å². The summed E-state index contributed by atoms with van der Waals surface area (Å²) in [6.07, 6.45) is 4.94. The van der Waals surface area contributed by atoms with Gasteiger partial charge in [0.25, 0.3) is 0 Å². The molecule has 2 N–H and O–H groups in total. The highest BCUT2D eigenvalue weighted by Gasteiger charge is 2.27. The number of hydrogen-bond donors (Lipinski definition) is 2. The zero-order valence-electron chi connectivity index (χ0n) is 13.2. The fourth-order valence-electron chi connectivity index (χ4n) is 3.66. The third kappa shape index (κ3) is 2.83. The van der Waals surface area contributed by atoms with Crippen molar-refractivity contribution in [2.45, 2.75) is 45.4 Å². The third-order valence-corrected chi connectivity index (χ3v) is 4.82. The maximum Gasteiger partial charge on any atom is 0.307 e. The summed E-state index contributed by atoms with van der Waals surface area (Å²) in [6, 6.07) is 4.78. The molecule has 3 rings (SSSR count). The van der Waals surface area contributed by atoms with Gasteiger partial charge in [0.1, 0.15) is 5.75 Å². The zero-order chi connectivity index (χ0) is 16.6. The SMILES string of the molecule is Cc1c(CC(=O)O)c2cc(O)ccc2n1C(=O)C1CCCCC1. The normalized spacial score (nSPS) is 15.9. The van der Waals surface area contributed by atoms with Crippen LogP contribution in [0.5, 0.6) is 5.75 Å². The Hall–Kier alpha value is -2.30. The number of phenolic OH excluding ortho intramolecular Hbond substituents is 1. The van der Waals surface area contributed by atoms with Crippen LogP contribution in [0.1, 0.15) is 48.2 Å². The van der Waals surface area contributed by atoms with E-state index in [1.165, 1.54) is 12.5 Å². The third-order valence-electron chi connectivity index (χ3n) is 4.82. The summed E-state index contributed by atoms with van der Waals surface area (Å²) in [6.45, 7) is 1.79. The number of carboxylic acid groups (broad SMARTS) is 1. The smallest absolute Gasteiger partial charge is 0.307 e. The van der Waals surface area contributed by atoms with E-state index in [9.17, 15) is 14.7 Å². The Labute approximate surface area is 134 Å². The fraction of sp³-hybridized carbons (Fsp3) is 0.444. The quantitative estimate of drug-likeness (QED) is 0.908. The highest BCUT2D eigenvalue weighted by molar-refractivity contribution is 5.98. The van der Waals surface area contributed by atoms with Gasteiger partial charge in [0.05, 0.1) is 11.9 Å². The predicted octanol–water partition coefficient (Wildman–Crippen LogP) is 3.50. The van der Waals surface area contributed by atoms with E-state index < -0.39 is 5.97 Å². The van der Waals surface area contributed by atoms with Gasteiger partial charge >= 0.3 is 5.97 Å². The Kier molecular flexibility index (Phi) is 4.11. The number of nitrogens with zero attached hydrogens (tertiary/aromatic N) is 1. The summed E-state index contributed by atoms with van der Waals surface area (Å²) in [7, 11) is 0. The van der Waals surface area contributed by atoms with Gasteiger partial charge in [-0.2, -0.15) is 0 Å². The van der Waals surface area contributed by atoms with Crippen LogP contribution in [0.15, 0.2) is 18.2 Å². The summed E-state index contributed by atoms with van der Waals surface area (Å²) in [5.41, 5.74) is 1.96. The van der Waals surface area contributed by atoms with Gasteiger partial charge in [-0.25, -0.2) is 0 Å². The second kappa shape index (κ2) is 6.07. The molecule has 1 heterocycles. The topological polar surface area (TPSA) is 79.5 Å². The highest BCUT2D eigenvalue weighted by atomic mass is 16.4. The molecule has 0 spiro atoms. The van der Waals surface area contributed by atoms with Crippen LogP contribution in [0, 0.1) is 12.8 Å². The number of rotatable bonds is 3. The Morgan fingerprint density at radius 3 is 2.57 bits per heavy atom. The molecule has 1 aliphatic rings. The van der Waals surface area contributed by atoms with Crippen molar-refractivity contribution >= 4 is 22.8 Å². The van der Waals surface area contributed by atoms with E-state index in [2.05, 4.69) is 0 Å². The Morgan fingerprint density at radius 2 is 1.91 bits per heavy atom. The second-order valence-electron chi connectivity index (χ2n) is 6.34. The van der Waals surface area contributed by atoms with Crippen molar-refractivity contribution in [2.75, 3.05) is 0 Å². The van der Waals surface area contributed by atoms with Crippen LogP contribution in [0.4, 0.5) is 0 Å². The summed E-state index contributed by atoms with van der Waals surface area (Å²) in [5.74, 6) is -0.814. The number of phenols is 1. The fourth-order valence-corrected chi connectivity index (χ4v) is 3.66. The number of benzene rings is 1. The molecular formula is C18H21NO4. The lowest BCUT2D eigenvalue weighted by atomic mass is 9.88. The minimum Gasteiger partial charge on any atom is -0.508 e. The molecule has 0 radical (unpaired) electrons. The van der Waals surface area contributed by atoms with E-state index in [1.807, 2.05) is 0 Å². The first-order chi connectivity index (χ1) is 11.0. The van der Waals surface area contributed by atoms with Crippen molar-refractivity contribution < 1.29 is 19.8 Å². The molecule has 2 aromatic rings. The predicted molar refractivity (Wildman–Crippen MR) is 86.9 cm³/mol. The molecule has 0 bridgehead atoms. The largest absolute Gasteiger partial charge is 0.508 e. The number of fused-ring (bicyclic) bond motifs is 1. The lowest BCUT2D eigenvalue weighted by Crippen LogP contribution is -2.24. The molecule has 122 valence electrons. The van der Waals surface area contributed by atoms with Crippen molar-refractivity contribution in [2.24, 2.45) is 5.92 Å². The minimum absolute atomic E-state index is 0.00420. The summed E-state index contributed by atoms with van der Waals surface area (Å²) in [4.78, 5) is 24.1. The average molecular weight is 315 g/mol. The molecule has 0 unspecified atom stereocenters. The molecular weight excluding hydrogens is 294 g/mol. The minimum atomic E-state index is -0.944. The lowest BCUT2D eigenvalue weighted by molar-refractivity contribution is -0.136. The Bertz CT molecular complexity index is 769. The number of carbonyl (C=O) groups is 2. The maximum absolute atomic E-state index is 13.0. The molecule has 1 aromatic heterocycles. The molecule has 1 aromatic carbocycles. The van der Waals surface area contributed by atoms with Crippen LogP contribution in [-0.2, 0) is 11.2 Å². The number of carboxylic acids is 1. The average Bonchev–Trinajstić information content (AvgIpc) is 2.79. The van der Waals surface area contributed by atoms with Crippen molar-refractivity contribution in [1.29, 1.82) is 0 Å². The van der Waals surface area contributed by atoms with Gasteiger partial charge in [-0.1, -0.05) is 19.3 Å².